The second-order valence-corrected chi connectivity index (χ2v) is 6.11. The average Bonchev–Trinajstić information content (AvgIpc) is 3.36. The molecule has 11 heteroatoms. The number of nitrogens with zero attached hydrogens (tertiary/aromatic N) is 4. The van der Waals surface area contributed by atoms with Crippen molar-refractivity contribution in [3.63, 3.8) is 0 Å². The molecule has 1 aromatic carbocycles. The van der Waals surface area contributed by atoms with Crippen LogP contribution < -0.4 is 15.4 Å². The zero-order chi connectivity index (χ0) is 19.1. The number of imide groups is 1. The molecule has 3 rings (SSSR count). The van der Waals surface area contributed by atoms with Crippen molar-refractivity contribution < 1.29 is 18.7 Å². The predicted molar refractivity (Wildman–Crippen MR) is 95.5 cm³/mol. The second kappa shape index (κ2) is 8.85. The first-order valence-electron chi connectivity index (χ1n) is 7.81. The number of methoxy groups -OCH3 is 1. The molecule has 0 aliphatic rings. The van der Waals surface area contributed by atoms with Gasteiger partial charge in [-0.25, -0.2) is 4.79 Å². The van der Waals surface area contributed by atoms with Gasteiger partial charge in [-0.3, -0.25) is 10.1 Å². The van der Waals surface area contributed by atoms with E-state index >= 15 is 0 Å². The molecule has 0 aliphatic heterocycles. The van der Waals surface area contributed by atoms with Gasteiger partial charge in [-0.05, 0) is 46.8 Å². The summed E-state index contributed by atoms with van der Waals surface area (Å²) >= 11 is 1.11. The molecule has 0 saturated heterocycles. The molecule has 0 unspecified atom stereocenters. The summed E-state index contributed by atoms with van der Waals surface area (Å²) in [5.41, 5.74) is 0.722. The second-order valence-electron chi connectivity index (χ2n) is 5.17. The van der Waals surface area contributed by atoms with Gasteiger partial charge in [0.2, 0.25) is 11.1 Å². The Bertz CT molecular complexity index is 894. The highest BCUT2D eigenvalue weighted by Crippen LogP contribution is 2.20. The molecule has 0 spiro atoms. The van der Waals surface area contributed by atoms with Gasteiger partial charge >= 0.3 is 6.03 Å². The van der Waals surface area contributed by atoms with Gasteiger partial charge in [0, 0.05) is 0 Å². The zero-order valence-electron chi connectivity index (χ0n) is 14.3. The summed E-state index contributed by atoms with van der Waals surface area (Å²) in [7, 11) is 1.58. The van der Waals surface area contributed by atoms with E-state index in [4.69, 9.17) is 9.15 Å². The number of rotatable bonds is 7. The van der Waals surface area contributed by atoms with Gasteiger partial charge in [0.1, 0.15) is 11.5 Å². The van der Waals surface area contributed by atoms with Crippen LogP contribution in [0.4, 0.5) is 4.79 Å². The van der Waals surface area contributed by atoms with Crippen LogP contribution in [0.2, 0.25) is 0 Å². The molecule has 27 heavy (non-hydrogen) atoms. The molecule has 140 valence electrons. The van der Waals surface area contributed by atoms with Crippen LogP contribution in [0.5, 0.6) is 5.75 Å². The zero-order valence-corrected chi connectivity index (χ0v) is 15.1. The number of carbonyl (C=O) groups is 2. The maximum absolute atomic E-state index is 11.9. The van der Waals surface area contributed by atoms with Crippen molar-refractivity contribution in [2.45, 2.75) is 11.7 Å². The standard InChI is InChI=1S/C16H16N6O4S/c1-25-12-6-4-11(5-7-12)22-16(19-20-21-22)27-10-14(23)18-15(24)17-9-13-3-2-8-26-13/h2-8H,9-10H2,1H3,(H2,17,18,23,24). The van der Waals surface area contributed by atoms with Crippen molar-refractivity contribution in [1.29, 1.82) is 0 Å². The molecule has 0 aliphatic carbocycles. The number of ether oxygens (including phenoxy) is 1. The first-order chi connectivity index (χ1) is 13.2. The van der Waals surface area contributed by atoms with E-state index in [1.165, 1.54) is 10.9 Å². The van der Waals surface area contributed by atoms with Gasteiger partial charge in [-0.1, -0.05) is 11.8 Å². The Hall–Kier alpha value is -3.34. The van der Waals surface area contributed by atoms with Gasteiger partial charge in [0.25, 0.3) is 0 Å². The fourth-order valence-electron chi connectivity index (χ4n) is 2.07. The van der Waals surface area contributed by atoms with E-state index in [0.717, 1.165) is 17.4 Å². The lowest BCUT2D eigenvalue weighted by molar-refractivity contribution is -0.117. The van der Waals surface area contributed by atoms with Gasteiger partial charge in [0.15, 0.2) is 0 Å². The molecule has 3 amide bonds. The van der Waals surface area contributed by atoms with Crippen LogP contribution in [0.1, 0.15) is 5.76 Å². The van der Waals surface area contributed by atoms with Crippen molar-refractivity contribution in [1.82, 2.24) is 30.8 Å². The molecule has 0 atom stereocenters. The first kappa shape index (κ1) is 18.5. The number of aromatic nitrogens is 4. The third kappa shape index (κ3) is 5.07. The number of hydrogen-bond donors (Lipinski definition) is 2. The minimum absolute atomic E-state index is 0.0231. The van der Waals surface area contributed by atoms with Gasteiger partial charge < -0.3 is 14.5 Å². The maximum atomic E-state index is 11.9. The Morgan fingerprint density at radius 3 is 2.78 bits per heavy atom. The van der Waals surface area contributed by atoms with E-state index in [9.17, 15) is 9.59 Å². The summed E-state index contributed by atoms with van der Waals surface area (Å²) < 4.78 is 11.7. The smallest absolute Gasteiger partial charge is 0.321 e. The highest BCUT2D eigenvalue weighted by molar-refractivity contribution is 7.99. The van der Waals surface area contributed by atoms with Crippen LogP contribution in [-0.2, 0) is 11.3 Å². The molecule has 3 aromatic rings. The molecule has 2 aromatic heterocycles. The Balaban J connectivity index is 1.50. The normalized spacial score (nSPS) is 10.4. The lowest BCUT2D eigenvalue weighted by atomic mass is 10.3. The highest BCUT2D eigenvalue weighted by atomic mass is 32.2. The lowest BCUT2D eigenvalue weighted by Gasteiger charge is -2.06. The Kier molecular flexibility index (Phi) is 6.05. The molecule has 0 saturated carbocycles. The number of nitrogens with one attached hydrogen (secondary N) is 2. The number of hydrogen-bond acceptors (Lipinski definition) is 8. The summed E-state index contributed by atoms with van der Waals surface area (Å²) in [5, 5.41) is 16.6. The number of benzene rings is 1. The fourth-order valence-corrected chi connectivity index (χ4v) is 2.76. The van der Waals surface area contributed by atoms with E-state index in [2.05, 4.69) is 26.2 Å². The molecule has 0 radical (unpaired) electrons. The van der Waals surface area contributed by atoms with Crippen LogP contribution >= 0.6 is 11.8 Å². The van der Waals surface area contributed by atoms with Crippen LogP contribution in [0.25, 0.3) is 5.69 Å². The topological polar surface area (TPSA) is 124 Å². The Morgan fingerprint density at radius 2 is 2.07 bits per heavy atom. The monoisotopic (exact) mass is 388 g/mol. The average molecular weight is 388 g/mol. The Morgan fingerprint density at radius 1 is 1.26 bits per heavy atom. The molecular weight excluding hydrogens is 372 g/mol. The summed E-state index contributed by atoms with van der Waals surface area (Å²) in [4.78, 5) is 23.6. The molecular formula is C16H16N6O4S. The van der Waals surface area contributed by atoms with E-state index < -0.39 is 11.9 Å². The van der Waals surface area contributed by atoms with Crippen molar-refractivity contribution in [2.24, 2.45) is 0 Å². The molecule has 10 nitrogen and oxygen atoms in total. The SMILES string of the molecule is COc1ccc(-n2nnnc2SCC(=O)NC(=O)NCc2ccco2)cc1. The van der Waals surface area contributed by atoms with E-state index in [1.54, 1.807) is 43.5 Å². The van der Waals surface area contributed by atoms with Crippen LogP contribution in [-0.4, -0.2) is 45.0 Å². The van der Waals surface area contributed by atoms with E-state index in [-0.39, 0.29) is 12.3 Å². The number of carbonyl (C=O) groups excluding carboxylic acids is 2. The highest BCUT2D eigenvalue weighted by Gasteiger charge is 2.13. The summed E-state index contributed by atoms with van der Waals surface area (Å²) in [5.74, 6) is 0.804. The third-order valence-electron chi connectivity index (χ3n) is 3.35. The predicted octanol–water partition coefficient (Wildman–Crippen LogP) is 1.38. The largest absolute Gasteiger partial charge is 0.497 e. The van der Waals surface area contributed by atoms with Crippen LogP contribution in [0.15, 0.2) is 52.2 Å². The molecule has 2 N–H and O–H groups in total. The quantitative estimate of drug-likeness (QED) is 0.582. The van der Waals surface area contributed by atoms with Crippen molar-refractivity contribution in [3.8, 4) is 11.4 Å². The molecule has 0 fully saturated rings. The minimum atomic E-state index is -0.605. The summed E-state index contributed by atoms with van der Waals surface area (Å²) in [6.45, 7) is 0.189. The number of thioether (sulfide) groups is 1. The van der Waals surface area contributed by atoms with Gasteiger partial charge in [-0.2, -0.15) is 4.68 Å². The first-order valence-corrected chi connectivity index (χ1v) is 8.80. The van der Waals surface area contributed by atoms with Gasteiger partial charge in [0.05, 0.1) is 31.4 Å². The third-order valence-corrected chi connectivity index (χ3v) is 4.27. The maximum Gasteiger partial charge on any atom is 0.321 e. The van der Waals surface area contributed by atoms with Gasteiger partial charge in [-0.15, -0.1) is 5.10 Å². The summed E-state index contributed by atoms with van der Waals surface area (Å²) in [6, 6.07) is 9.97. The number of amides is 3. The Labute approximate surface area is 158 Å². The van der Waals surface area contributed by atoms with E-state index in [0.29, 0.717) is 16.7 Å². The van der Waals surface area contributed by atoms with Crippen molar-refractivity contribution >= 4 is 23.7 Å². The number of urea groups is 1. The lowest BCUT2D eigenvalue weighted by Crippen LogP contribution is -2.39. The van der Waals surface area contributed by atoms with Crippen molar-refractivity contribution in [2.75, 3.05) is 12.9 Å². The fraction of sp³-hybridized carbons (Fsp3) is 0.188. The number of tetrazole rings is 1. The molecule has 2 heterocycles. The summed E-state index contributed by atoms with van der Waals surface area (Å²) in [6.07, 6.45) is 1.50. The minimum Gasteiger partial charge on any atom is -0.497 e. The van der Waals surface area contributed by atoms with Crippen molar-refractivity contribution in [3.05, 3.63) is 48.4 Å². The van der Waals surface area contributed by atoms with Crippen LogP contribution in [0.3, 0.4) is 0 Å². The van der Waals surface area contributed by atoms with E-state index in [1.807, 2.05) is 0 Å². The molecule has 0 bridgehead atoms. The number of furan rings is 1. The van der Waals surface area contributed by atoms with Crippen LogP contribution in [0, 0.1) is 0 Å².